The third-order valence-electron chi connectivity index (χ3n) is 3.77. The van der Waals surface area contributed by atoms with Crippen molar-refractivity contribution in [3.05, 3.63) is 29.8 Å². The minimum absolute atomic E-state index is 0.0889. The summed E-state index contributed by atoms with van der Waals surface area (Å²) in [5.74, 6) is 0.0889. The topological polar surface area (TPSA) is 58.4 Å². The number of carbonyl (C=O) groups is 1. The first-order valence-electron chi connectivity index (χ1n) is 7.56. The molecular formula is C16H25N3O. The molecule has 0 atom stereocenters. The lowest BCUT2D eigenvalue weighted by atomic mass is 10.2. The number of hydrogen-bond acceptors (Lipinski definition) is 3. The van der Waals surface area contributed by atoms with Crippen LogP contribution in [0.1, 0.15) is 38.2 Å². The molecule has 20 heavy (non-hydrogen) atoms. The quantitative estimate of drug-likeness (QED) is 0.765. The van der Waals surface area contributed by atoms with Crippen LogP contribution >= 0.6 is 0 Å². The van der Waals surface area contributed by atoms with Gasteiger partial charge in [-0.25, -0.2) is 0 Å². The molecule has 1 aliphatic rings. The molecule has 4 heteroatoms. The zero-order valence-electron chi connectivity index (χ0n) is 12.3. The summed E-state index contributed by atoms with van der Waals surface area (Å²) in [7, 11) is 0. The fourth-order valence-electron chi connectivity index (χ4n) is 2.48. The highest BCUT2D eigenvalue weighted by Gasteiger charge is 2.27. The molecule has 1 aromatic carbocycles. The molecule has 2 rings (SSSR count). The predicted molar refractivity (Wildman–Crippen MR) is 82.5 cm³/mol. The lowest BCUT2D eigenvalue weighted by molar-refractivity contribution is -0.116. The molecule has 1 saturated carbocycles. The van der Waals surface area contributed by atoms with E-state index in [-0.39, 0.29) is 5.91 Å². The summed E-state index contributed by atoms with van der Waals surface area (Å²) in [6.07, 6.45) is 4.15. The minimum atomic E-state index is 0.0889. The van der Waals surface area contributed by atoms with Gasteiger partial charge in [-0.2, -0.15) is 0 Å². The maximum absolute atomic E-state index is 11.9. The molecular weight excluding hydrogens is 250 g/mol. The van der Waals surface area contributed by atoms with Crippen LogP contribution in [0.5, 0.6) is 0 Å². The second-order valence-electron chi connectivity index (χ2n) is 5.42. The molecule has 1 amide bonds. The first-order chi connectivity index (χ1) is 9.72. The summed E-state index contributed by atoms with van der Waals surface area (Å²) in [5, 5.41) is 2.94. The Morgan fingerprint density at radius 3 is 2.90 bits per heavy atom. The van der Waals surface area contributed by atoms with E-state index in [9.17, 15) is 4.79 Å². The smallest absolute Gasteiger partial charge is 0.224 e. The van der Waals surface area contributed by atoms with E-state index in [1.807, 2.05) is 24.3 Å². The molecule has 0 unspecified atom stereocenters. The van der Waals surface area contributed by atoms with E-state index in [1.165, 1.54) is 12.8 Å². The third-order valence-corrected chi connectivity index (χ3v) is 3.77. The fraction of sp³-hybridized carbons (Fsp3) is 0.562. The number of rotatable bonds is 8. The zero-order chi connectivity index (χ0) is 14.4. The Bertz CT molecular complexity index is 443. The molecule has 3 N–H and O–H groups in total. The van der Waals surface area contributed by atoms with Gasteiger partial charge >= 0.3 is 0 Å². The number of amides is 1. The number of benzene rings is 1. The van der Waals surface area contributed by atoms with Crippen molar-refractivity contribution in [1.29, 1.82) is 0 Å². The van der Waals surface area contributed by atoms with E-state index >= 15 is 0 Å². The van der Waals surface area contributed by atoms with Gasteiger partial charge in [-0.15, -0.1) is 0 Å². The van der Waals surface area contributed by atoms with Crippen LogP contribution in [-0.4, -0.2) is 29.9 Å². The average Bonchev–Trinajstić information content (AvgIpc) is 3.28. The van der Waals surface area contributed by atoms with Crippen molar-refractivity contribution in [3.63, 3.8) is 0 Å². The zero-order valence-corrected chi connectivity index (χ0v) is 12.3. The van der Waals surface area contributed by atoms with Crippen molar-refractivity contribution in [1.82, 2.24) is 4.90 Å². The average molecular weight is 275 g/mol. The first-order valence-corrected chi connectivity index (χ1v) is 7.56. The van der Waals surface area contributed by atoms with Crippen molar-refractivity contribution in [2.45, 2.75) is 45.2 Å². The van der Waals surface area contributed by atoms with Crippen molar-refractivity contribution in [3.8, 4) is 0 Å². The number of nitrogens with one attached hydrogen (secondary N) is 1. The van der Waals surface area contributed by atoms with Crippen LogP contribution in [0.4, 0.5) is 5.69 Å². The summed E-state index contributed by atoms with van der Waals surface area (Å²) in [5.41, 5.74) is 7.47. The maximum Gasteiger partial charge on any atom is 0.224 e. The van der Waals surface area contributed by atoms with Gasteiger partial charge in [0.05, 0.1) is 0 Å². The summed E-state index contributed by atoms with van der Waals surface area (Å²) in [6.45, 7) is 4.80. The molecule has 0 spiro atoms. The number of hydrogen-bond donors (Lipinski definition) is 2. The van der Waals surface area contributed by atoms with E-state index in [4.69, 9.17) is 5.73 Å². The molecule has 110 valence electrons. The highest BCUT2D eigenvalue weighted by atomic mass is 16.1. The largest absolute Gasteiger partial charge is 0.326 e. The van der Waals surface area contributed by atoms with Gasteiger partial charge in [0, 0.05) is 24.7 Å². The van der Waals surface area contributed by atoms with Gasteiger partial charge in [-0.3, -0.25) is 4.79 Å². The molecule has 0 bridgehead atoms. The van der Waals surface area contributed by atoms with Crippen LogP contribution in [0, 0.1) is 0 Å². The monoisotopic (exact) mass is 275 g/mol. The number of carbonyl (C=O) groups excluding carboxylic acids is 1. The Hall–Kier alpha value is -1.39. The number of anilines is 1. The second-order valence-corrected chi connectivity index (χ2v) is 5.42. The molecule has 0 heterocycles. The van der Waals surface area contributed by atoms with Crippen LogP contribution in [0.25, 0.3) is 0 Å². The Kier molecular flexibility index (Phi) is 5.56. The standard InChI is InChI=1S/C16H25N3O/c1-2-19(15-8-9-15)10-4-7-16(20)18-14-6-3-5-13(11-14)12-17/h3,5-6,11,15H,2,4,7-10,12,17H2,1H3,(H,18,20). The van der Waals surface area contributed by atoms with Crippen molar-refractivity contribution >= 4 is 11.6 Å². The molecule has 0 saturated heterocycles. The number of nitrogens with two attached hydrogens (primary N) is 1. The molecule has 1 fully saturated rings. The van der Waals surface area contributed by atoms with Gasteiger partial charge < -0.3 is 16.0 Å². The van der Waals surface area contributed by atoms with E-state index in [1.54, 1.807) is 0 Å². The van der Waals surface area contributed by atoms with Crippen LogP contribution in [0.3, 0.4) is 0 Å². The van der Waals surface area contributed by atoms with Gasteiger partial charge in [0.1, 0.15) is 0 Å². The van der Waals surface area contributed by atoms with Crippen molar-refractivity contribution in [2.75, 3.05) is 18.4 Å². The molecule has 0 aliphatic heterocycles. The highest BCUT2D eigenvalue weighted by molar-refractivity contribution is 5.90. The van der Waals surface area contributed by atoms with E-state index < -0.39 is 0 Å². The van der Waals surface area contributed by atoms with Crippen LogP contribution in [0.2, 0.25) is 0 Å². The lowest BCUT2D eigenvalue weighted by Gasteiger charge is -2.19. The fourth-order valence-corrected chi connectivity index (χ4v) is 2.48. The molecule has 0 aromatic heterocycles. The van der Waals surface area contributed by atoms with Gasteiger partial charge in [-0.05, 0) is 50.0 Å². The third kappa shape index (κ3) is 4.62. The Morgan fingerprint density at radius 1 is 1.45 bits per heavy atom. The van der Waals surface area contributed by atoms with E-state index in [0.29, 0.717) is 13.0 Å². The lowest BCUT2D eigenvalue weighted by Crippen LogP contribution is -2.27. The number of nitrogens with zero attached hydrogens (tertiary/aromatic N) is 1. The van der Waals surface area contributed by atoms with Gasteiger partial charge in [0.2, 0.25) is 5.91 Å². The van der Waals surface area contributed by atoms with Crippen LogP contribution in [0.15, 0.2) is 24.3 Å². The first kappa shape index (κ1) is 15.0. The predicted octanol–water partition coefficient (Wildman–Crippen LogP) is 2.35. The summed E-state index contributed by atoms with van der Waals surface area (Å²) >= 11 is 0. The molecule has 4 nitrogen and oxygen atoms in total. The van der Waals surface area contributed by atoms with Crippen molar-refractivity contribution < 1.29 is 4.79 Å². The molecule has 0 radical (unpaired) electrons. The minimum Gasteiger partial charge on any atom is -0.326 e. The Morgan fingerprint density at radius 2 is 2.25 bits per heavy atom. The van der Waals surface area contributed by atoms with Gasteiger partial charge in [0.15, 0.2) is 0 Å². The SMILES string of the molecule is CCN(CCCC(=O)Nc1cccc(CN)c1)C1CC1. The maximum atomic E-state index is 11.9. The van der Waals surface area contributed by atoms with Gasteiger partial charge in [-0.1, -0.05) is 19.1 Å². The van der Waals surface area contributed by atoms with E-state index in [2.05, 4.69) is 17.1 Å². The normalized spacial score (nSPS) is 14.6. The van der Waals surface area contributed by atoms with Crippen LogP contribution in [-0.2, 0) is 11.3 Å². The Labute approximate surface area is 121 Å². The molecule has 1 aliphatic carbocycles. The summed E-state index contributed by atoms with van der Waals surface area (Å²) in [4.78, 5) is 14.4. The highest BCUT2D eigenvalue weighted by Crippen LogP contribution is 2.26. The van der Waals surface area contributed by atoms with E-state index in [0.717, 1.165) is 36.8 Å². The summed E-state index contributed by atoms with van der Waals surface area (Å²) in [6, 6.07) is 8.50. The Balaban J connectivity index is 1.71. The van der Waals surface area contributed by atoms with Crippen LogP contribution < -0.4 is 11.1 Å². The molecule has 1 aromatic rings. The van der Waals surface area contributed by atoms with Gasteiger partial charge in [0.25, 0.3) is 0 Å². The summed E-state index contributed by atoms with van der Waals surface area (Å²) < 4.78 is 0. The van der Waals surface area contributed by atoms with Crippen molar-refractivity contribution in [2.24, 2.45) is 5.73 Å². The second kappa shape index (κ2) is 7.41.